The van der Waals surface area contributed by atoms with Gasteiger partial charge in [-0.15, -0.1) is 0 Å². The molecular weight excluding hydrogens is 222 g/mol. The summed E-state index contributed by atoms with van der Waals surface area (Å²) in [7, 11) is 2.20. The number of likely N-dealkylation sites (tertiary alicyclic amines) is 1. The third-order valence-corrected chi connectivity index (χ3v) is 4.41. The van der Waals surface area contributed by atoms with Crippen molar-refractivity contribution in [3.05, 3.63) is 0 Å². The lowest BCUT2D eigenvalue weighted by molar-refractivity contribution is 0.203. The minimum Gasteiger partial charge on any atom is -0.315 e. The third kappa shape index (κ3) is 4.26. The molecule has 104 valence electrons. The minimum atomic E-state index is 0.132. The molecule has 1 aliphatic heterocycles. The van der Waals surface area contributed by atoms with Crippen molar-refractivity contribution >= 4 is 0 Å². The summed E-state index contributed by atoms with van der Waals surface area (Å²) >= 11 is 0. The third-order valence-electron chi connectivity index (χ3n) is 4.41. The summed E-state index contributed by atoms with van der Waals surface area (Å²) in [6.07, 6.45) is 1.30. The highest BCUT2D eigenvalue weighted by Crippen LogP contribution is 2.33. The molecule has 0 aromatic carbocycles. The van der Waals surface area contributed by atoms with Gasteiger partial charge in [-0.3, -0.25) is 0 Å². The van der Waals surface area contributed by atoms with Crippen molar-refractivity contribution in [2.75, 3.05) is 33.2 Å². The highest BCUT2D eigenvalue weighted by molar-refractivity contribution is 4.90. The van der Waals surface area contributed by atoms with Gasteiger partial charge in [0.15, 0.2) is 0 Å². The Bertz CT molecular complexity index is 291. The van der Waals surface area contributed by atoms with Crippen LogP contribution in [0, 0.1) is 34.5 Å². The Morgan fingerprint density at radius 2 is 2.11 bits per heavy atom. The highest BCUT2D eigenvalue weighted by Gasteiger charge is 2.33. The lowest BCUT2D eigenvalue weighted by Gasteiger charge is -2.32. The highest BCUT2D eigenvalue weighted by atomic mass is 15.1. The predicted molar refractivity (Wildman–Crippen MR) is 76.2 cm³/mol. The summed E-state index contributed by atoms with van der Waals surface area (Å²) in [5.74, 6) is 1.34. The van der Waals surface area contributed by atoms with Crippen molar-refractivity contribution in [3.63, 3.8) is 0 Å². The van der Waals surface area contributed by atoms with Crippen LogP contribution in [0.2, 0.25) is 0 Å². The summed E-state index contributed by atoms with van der Waals surface area (Å²) in [6, 6.07) is 2.39. The van der Waals surface area contributed by atoms with E-state index < -0.39 is 0 Å². The van der Waals surface area contributed by atoms with Gasteiger partial charge in [-0.05, 0) is 37.3 Å². The smallest absolute Gasteiger partial charge is 0.0671 e. The molecule has 18 heavy (non-hydrogen) atoms. The van der Waals surface area contributed by atoms with Crippen molar-refractivity contribution in [1.29, 1.82) is 5.26 Å². The zero-order valence-electron chi connectivity index (χ0n) is 12.7. The Labute approximate surface area is 113 Å². The molecule has 1 heterocycles. The van der Waals surface area contributed by atoms with E-state index in [-0.39, 0.29) is 5.92 Å². The van der Waals surface area contributed by atoms with Crippen LogP contribution >= 0.6 is 0 Å². The summed E-state index contributed by atoms with van der Waals surface area (Å²) in [4.78, 5) is 2.42. The molecule has 1 aliphatic rings. The van der Waals surface area contributed by atoms with Gasteiger partial charge in [0.25, 0.3) is 0 Å². The summed E-state index contributed by atoms with van der Waals surface area (Å²) in [6.45, 7) is 13.2. The van der Waals surface area contributed by atoms with Crippen molar-refractivity contribution in [1.82, 2.24) is 10.2 Å². The average molecular weight is 251 g/mol. The van der Waals surface area contributed by atoms with E-state index in [2.05, 4.69) is 51.0 Å². The van der Waals surface area contributed by atoms with E-state index in [4.69, 9.17) is 5.26 Å². The van der Waals surface area contributed by atoms with Crippen molar-refractivity contribution < 1.29 is 0 Å². The molecule has 1 saturated heterocycles. The molecule has 0 saturated carbocycles. The molecule has 1 rings (SSSR count). The Hall–Kier alpha value is -0.590. The van der Waals surface area contributed by atoms with Gasteiger partial charge >= 0.3 is 0 Å². The van der Waals surface area contributed by atoms with Crippen molar-refractivity contribution in [3.8, 4) is 6.07 Å². The molecule has 0 aromatic heterocycles. The first-order chi connectivity index (χ1) is 8.36. The zero-order valence-corrected chi connectivity index (χ0v) is 12.7. The maximum atomic E-state index is 9.08. The first kappa shape index (κ1) is 15.5. The van der Waals surface area contributed by atoms with Crippen LogP contribution in [0.3, 0.4) is 0 Å². The monoisotopic (exact) mass is 251 g/mol. The molecule has 0 spiro atoms. The number of nitrogens with zero attached hydrogens (tertiary/aromatic N) is 2. The fourth-order valence-electron chi connectivity index (χ4n) is 2.70. The van der Waals surface area contributed by atoms with Crippen LogP contribution in [-0.4, -0.2) is 38.1 Å². The van der Waals surface area contributed by atoms with E-state index in [1.165, 1.54) is 19.5 Å². The lowest BCUT2D eigenvalue weighted by atomic mass is 9.78. The molecule has 0 amide bonds. The van der Waals surface area contributed by atoms with E-state index in [1.807, 2.05) is 0 Å². The first-order valence-corrected chi connectivity index (χ1v) is 7.15. The van der Waals surface area contributed by atoms with Gasteiger partial charge in [0.05, 0.1) is 12.0 Å². The molecular formula is C15H29N3. The average Bonchev–Trinajstić information content (AvgIpc) is 2.71. The zero-order chi connectivity index (χ0) is 13.8. The maximum Gasteiger partial charge on any atom is 0.0671 e. The van der Waals surface area contributed by atoms with E-state index in [9.17, 15) is 0 Å². The van der Waals surface area contributed by atoms with E-state index in [1.54, 1.807) is 0 Å². The van der Waals surface area contributed by atoms with Gasteiger partial charge in [0.1, 0.15) is 0 Å². The van der Waals surface area contributed by atoms with Gasteiger partial charge < -0.3 is 10.2 Å². The van der Waals surface area contributed by atoms with Gasteiger partial charge in [-0.1, -0.05) is 27.7 Å². The Balaban J connectivity index is 2.35. The first-order valence-electron chi connectivity index (χ1n) is 7.15. The van der Waals surface area contributed by atoms with Crippen LogP contribution in [0.4, 0.5) is 0 Å². The molecule has 1 N–H and O–H groups in total. The maximum absolute atomic E-state index is 9.08. The SMILES string of the molecule is CC(C)C(C#N)CNCC(C)(C)C1CCN(C)C1. The minimum absolute atomic E-state index is 0.132. The number of hydrogen-bond donors (Lipinski definition) is 1. The largest absolute Gasteiger partial charge is 0.315 e. The molecule has 0 aliphatic carbocycles. The fraction of sp³-hybridized carbons (Fsp3) is 0.933. The molecule has 0 bridgehead atoms. The predicted octanol–water partition coefficient (Wildman–Crippen LogP) is 2.35. The molecule has 3 nitrogen and oxygen atoms in total. The van der Waals surface area contributed by atoms with Gasteiger partial charge in [-0.2, -0.15) is 5.26 Å². The Kier molecular flexibility index (Phi) is 5.62. The summed E-state index contributed by atoms with van der Waals surface area (Å²) in [5, 5.41) is 12.6. The topological polar surface area (TPSA) is 39.1 Å². The second-order valence-electron chi connectivity index (χ2n) is 6.85. The van der Waals surface area contributed by atoms with E-state index >= 15 is 0 Å². The van der Waals surface area contributed by atoms with Crippen molar-refractivity contribution in [2.45, 2.75) is 34.1 Å². The number of hydrogen-bond acceptors (Lipinski definition) is 3. The van der Waals surface area contributed by atoms with Crippen LogP contribution in [-0.2, 0) is 0 Å². The molecule has 2 unspecified atom stereocenters. The van der Waals surface area contributed by atoms with E-state index in [0.717, 1.165) is 19.0 Å². The summed E-state index contributed by atoms with van der Waals surface area (Å²) in [5.41, 5.74) is 0.321. The molecule has 2 atom stereocenters. The molecule has 0 aromatic rings. The van der Waals surface area contributed by atoms with Crippen LogP contribution in [0.5, 0.6) is 0 Å². The number of rotatable bonds is 6. The lowest BCUT2D eigenvalue weighted by Crippen LogP contribution is -2.39. The second-order valence-corrected chi connectivity index (χ2v) is 6.85. The van der Waals surface area contributed by atoms with Crippen LogP contribution < -0.4 is 5.32 Å². The standard InChI is InChI=1S/C15H29N3/c1-12(2)13(8-16)9-17-11-15(3,4)14-6-7-18(5)10-14/h12-14,17H,6-7,9-11H2,1-5H3. The molecule has 0 radical (unpaired) electrons. The van der Waals surface area contributed by atoms with Gasteiger partial charge in [0.2, 0.25) is 0 Å². The van der Waals surface area contributed by atoms with Crippen LogP contribution in [0.15, 0.2) is 0 Å². The molecule has 3 heteroatoms. The fourth-order valence-corrected chi connectivity index (χ4v) is 2.70. The van der Waals surface area contributed by atoms with Crippen LogP contribution in [0.25, 0.3) is 0 Å². The number of nitrogens with one attached hydrogen (secondary N) is 1. The Morgan fingerprint density at radius 3 is 2.56 bits per heavy atom. The second kappa shape index (κ2) is 6.54. The van der Waals surface area contributed by atoms with Crippen molar-refractivity contribution in [2.24, 2.45) is 23.2 Å². The van der Waals surface area contributed by atoms with Gasteiger partial charge in [-0.25, -0.2) is 0 Å². The normalized spacial score (nSPS) is 23.3. The number of nitriles is 1. The quantitative estimate of drug-likeness (QED) is 0.787. The molecule has 1 fully saturated rings. The summed E-state index contributed by atoms with van der Waals surface area (Å²) < 4.78 is 0. The van der Waals surface area contributed by atoms with Gasteiger partial charge in [0, 0.05) is 19.6 Å². The Morgan fingerprint density at radius 1 is 1.44 bits per heavy atom. The van der Waals surface area contributed by atoms with Crippen LogP contribution in [0.1, 0.15) is 34.1 Å². The van der Waals surface area contributed by atoms with E-state index in [0.29, 0.717) is 11.3 Å².